The van der Waals surface area contributed by atoms with Gasteiger partial charge in [0.1, 0.15) is 0 Å². The minimum absolute atomic E-state index is 0.693. The molecule has 1 aliphatic heterocycles. The summed E-state index contributed by atoms with van der Waals surface area (Å²) >= 11 is 5.45. The van der Waals surface area contributed by atoms with Gasteiger partial charge in [0.15, 0.2) is 0 Å². The van der Waals surface area contributed by atoms with Crippen LogP contribution in [0.5, 0.6) is 0 Å². The fourth-order valence-corrected chi connectivity index (χ4v) is 3.37. The summed E-state index contributed by atoms with van der Waals surface area (Å²) in [6.07, 6.45) is 6.37. The number of halogens is 1. The Hall–Kier alpha value is -0.0600. The second-order valence-electron chi connectivity index (χ2n) is 4.06. The third-order valence-corrected chi connectivity index (χ3v) is 4.39. The van der Waals surface area contributed by atoms with Crippen LogP contribution in [0.1, 0.15) is 31.2 Å². The highest BCUT2D eigenvalue weighted by molar-refractivity contribution is 9.10. The van der Waals surface area contributed by atoms with E-state index in [9.17, 15) is 0 Å². The first kappa shape index (κ1) is 12.4. The Kier molecular flexibility index (Phi) is 4.67. The van der Waals surface area contributed by atoms with Gasteiger partial charge in [0.2, 0.25) is 0 Å². The Balaban J connectivity index is 1.94. The van der Waals surface area contributed by atoms with Gasteiger partial charge in [-0.25, -0.2) is 0 Å². The van der Waals surface area contributed by atoms with Gasteiger partial charge < -0.3 is 0 Å². The van der Waals surface area contributed by atoms with Crippen molar-refractivity contribution >= 4 is 27.9 Å². The molecule has 1 aromatic rings. The molecule has 2 heterocycles. The van der Waals surface area contributed by atoms with Crippen LogP contribution in [0, 0.1) is 0 Å². The SMILES string of the molecule is CCSN1CCC(c2cncc(Br)c2)CC1. The first-order valence-corrected chi connectivity index (χ1v) is 7.51. The van der Waals surface area contributed by atoms with Crippen LogP contribution in [0.25, 0.3) is 0 Å². The average Bonchev–Trinajstić information content (AvgIpc) is 2.30. The normalized spacial score (nSPS) is 18.9. The van der Waals surface area contributed by atoms with Crippen molar-refractivity contribution in [2.75, 3.05) is 18.8 Å². The Morgan fingerprint density at radius 2 is 2.19 bits per heavy atom. The molecule has 1 fully saturated rings. The second-order valence-corrected chi connectivity index (χ2v) is 6.33. The molecule has 0 saturated carbocycles. The zero-order valence-electron chi connectivity index (χ0n) is 9.53. The maximum Gasteiger partial charge on any atom is 0.0410 e. The molecule has 1 saturated heterocycles. The van der Waals surface area contributed by atoms with E-state index in [1.54, 1.807) is 0 Å². The van der Waals surface area contributed by atoms with Gasteiger partial charge in [-0.15, -0.1) is 0 Å². The van der Waals surface area contributed by atoms with Crippen molar-refractivity contribution in [1.82, 2.24) is 9.29 Å². The Labute approximate surface area is 110 Å². The van der Waals surface area contributed by atoms with Gasteiger partial charge in [-0.1, -0.05) is 18.9 Å². The van der Waals surface area contributed by atoms with Crippen molar-refractivity contribution in [3.8, 4) is 0 Å². The molecule has 0 bridgehead atoms. The largest absolute Gasteiger partial charge is 0.263 e. The number of piperidine rings is 1. The van der Waals surface area contributed by atoms with Gasteiger partial charge in [0, 0.05) is 35.7 Å². The van der Waals surface area contributed by atoms with E-state index in [0.29, 0.717) is 5.92 Å². The molecule has 0 atom stereocenters. The quantitative estimate of drug-likeness (QED) is 0.792. The summed E-state index contributed by atoms with van der Waals surface area (Å²) in [4.78, 5) is 4.25. The van der Waals surface area contributed by atoms with E-state index in [2.05, 4.69) is 38.2 Å². The van der Waals surface area contributed by atoms with Crippen LogP contribution in [0.2, 0.25) is 0 Å². The van der Waals surface area contributed by atoms with Crippen LogP contribution in [-0.4, -0.2) is 28.1 Å². The Morgan fingerprint density at radius 3 is 2.81 bits per heavy atom. The molecule has 4 heteroatoms. The molecular formula is C12H17BrN2S. The van der Waals surface area contributed by atoms with Gasteiger partial charge in [-0.3, -0.25) is 9.29 Å². The number of rotatable bonds is 3. The highest BCUT2D eigenvalue weighted by atomic mass is 79.9. The highest BCUT2D eigenvalue weighted by Crippen LogP contribution is 2.31. The highest BCUT2D eigenvalue weighted by Gasteiger charge is 2.20. The van der Waals surface area contributed by atoms with Crippen molar-refractivity contribution in [3.05, 3.63) is 28.5 Å². The first-order chi connectivity index (χ1) is 7.79. The molecule has 88 valence electrons. The van der Waals surface area contributed by atoms with Crippen LogP contribution in [-0.2, 0) is 0 Å². The maximum atomic E-state index is 4.25. The molecule has 0 unspecified atom stereocenters. The number of nitrogens with zero attached hydrogens (tertiary/aromatic N) is 2. The van der Waals surface area contributed by atoms with Gasteiger partial charge in [0.05, 0.1) is 0 Å². The molecule has 1 aromatic heterocycles. The molecule has 2 nitrogen and oxygen atoms in total. The monoisotopic (exact) mass is 300 g/mol. The number of hydrogen-bond donors (Lipinski definition) is 0. The molecule has 0 spiro atoms. The average molecular weight is 301 g/mol. The zero-order valence-corrected chi connectivity index (χ0v) is 11.9. The topological polar surface area (TPSA) is 16.1 Å². The van der Waals surface area contributed by atoms with E-state index in [1.807, 2.05) is 24.3 Å². The van der Waals surface area contributed by atoms with Crippen molar-refractivity contribution in [2.24, 2.45) is 0 Å². The summed E-state index contributed by atoms with van der Waals surface area (Å²) in [6, 6.07) is 2.21. The van der Waals surface area contributed by atoms with E-state index in [-0.39, 0.29) is 0 Å². The predicted molar refractivity (Wildman–Crippen MR) is 73.6 cm³/mol. The van der Waals surface area contributed by atoms with E-state index in [1.165, 1.54) is 37.2 Å². The molecule has 0 aliphatic carbocycles. The zero-order chi connectivity index (χ0) is 11.4. The predicted octanol–water partition coefficient (Wildman–Crippen LogP) is 3.69. The summed E-state index contributed by atoms with van der Waals surface area (Å²) in [5.74, 6) is 1.88. The van der Waals surface area contributed by atoms with Crippen molar-refractivity contribution in [3.63, 3.8) is 0 Å². The Morgan fingerprint density at radius 1 is 1.44 bits per heavy atom. The smallest absolute Gasteiger partial charge is 0.0410 e. The van der Waals surface area contributed by atoms with Crippen molar-refractivity contribution in [1.29, 1.82) is 0 Å². The molecule has 0 N–H and O–H groups in total. The van der Waals surface area contributed by atoms with Crippen LogP contribution in [0.4, 0.5) is 0 Å². The standard InChI is InChI=1S/C12H17BrN2S/c1-2-16-15-5-3-10(4-6-15)11-7-12(13)9-14-8-11/h7-10H,2-6H2,1H3. The lowest BCUT2D eigenvalue weighted by Crippen LogP contribution is -2.27. The maximum absolute atomic E-state index is 4.25. The fraction of sp³-hybridized carbons (Fsp3) is 0.583. The summed E-state index contributed by atoms with van der Waals surface area (Å²) in [5, 5.41) is 0. The van der Waals surface area contributed by atoms with E-state index in [0.717, 1.165) is 4.47 Å². The van der Waals surface area contributed by atoms with E-state index >= 15 is 0 Å². The lowest BCUT2D eigenvalue weighted by atomic mass is 9.91. The second kappa shape index (κ2) is 6.03. The van der Waals surface area contributed by atoms with Crippen LogP contribution < -0.4 is 0 Å². The van der Waals surface area contributed by atoms with Gasteiger partial charge in [-0.2, -0.15) is 0 Å². The van der Waals surface area contributed by atoms with Crippen LogP contribution >= 0.6 is 27.9 Å². The van der Waals surface area contributed by atoms with Crippen LogP contribution in [0.15, 0.2) is 22.9 Å². The third kappa shape index (κ3) is 3.22. The minimum Gasteiger partial charge on any atom is -0.263 e. The van der Waals surface area contributed by atoms with Crippen molar-refractivity contribution in [2.45, 2.75) is 25.7 Å². The first-order valence-electron chi connectivity index (χ1n) is 5.78. The lowest BCUT2D eigenvalue weighted by Gasteiger charge is -2.30. The molecular weight excluding hydrogens is 284 g/mol. The number of aromatic nitrogens is 1. The number of hydrogen-bond acceptors (Lipinski definition) is 3. The fourth-order valence-electron chi connectivity index (χ4n) is 2.15. The minimum atomic E-state index is 0.693. The third-order valence-electron chi connectivity index (χ3n) is 2.96. The molecule has 16 heavy (non-hydrogen) atoms. The van der Waals surface area contributed by atoms with Gasteiger partial charge in [0.25, 0.3) is 0 Å². The summed E-state index contributed by atoms with van der Waals surface area (Å²) in [5.41, 5.74) is 1.38. The van der Waals surface area contributed by atoms with E-state index < -0.39 is 0 Å². The molecule has 1 aliphatic rings. The molecule has 2 rings (SSSR count). The van der Waals surface area contributed by atoms with Crippen molar-refractivity contribution < 1.29 is 0 Å². The van der Waals surface area contributed by atoms with E-state index in [4.69, 9.17) is 0 Å². The molecule has 0 amide bonds. The Bertz CT molecular complexity index is 338. The summed E-state index contributed by atoms with van der Waals surface area (Å²) in [7, 11) is 0. The van der Waals surface area contributed by atoms with Gasteiger partial charge >= 0.3 is 0 Å². The van der Waals surface area contributed by atoms with Crippen LogP contribution in [0.3, 0.4) is 0 Å². The summed E-state index contributed by atoms with van der Waals surface area (Å²) < 4.78 is 3.58. The van der Waals surface area contributed by atoms with Gasteiger partial charge in [-0.05, 0) is 46.3 Å². The lowest BCUT2D eigenvalue weighted by molar-refractivity contribution is 0.346. The number of pyridine rings is 1. The molecule has 0 aromatic carbocycles. The summed E-state index contributed by atoms with van der Waals surface area (Å²) in [6.45, 7) is 4.63. The molecule has 0 radical (unpaired) electrons.